The van der Waals surface area contributed by atoms with Crippen molar-refractivity contribution in [2.75, 3.05) is 0 Å². The maximum Gasteiger partial charge on any atom is 0.137 e. The van der Waals surface area contributed by atoms with E-state index >= 15 is 0 Å². The lowest BCUT2D eigenvalue weighted by Crippen LogP contribution is -2.54. The summed E-state index contributed by atoms with van der Waals surface area (Å²) in [7, 11) is 0. The molecule has 0 amide bonds. The molecule has 0 bridgehead atoms. The van der Waals surface area contributed by atoms with Crippen LogP contribution in [-0.4, -0.2) is 9.13 Å². The minimum absolute atomic E-state index is 0.0610. The van der Waals surface area contributed by atoms with E-state index in [0.29, 0.717) is 0 Å². The predicted octanol–water partition coefficient (Wildman–Crippen LogP) is 12.0. The van der Waals surface area contributed by atoms with Crippen molar-refractivity contribution in [2.45, 2.75) is 18.5 Å². The zero-order chi connectivity index (χ0) is 37.5. The standard InChI is InChI=1S/C51H37N5O/c1-4-15-32(16-5-1)49-52-50(33-17-6-2-7-18-33)54-51(53-49)34-19-14-22-36(29-34)55-43-28-27-39-37-23-10-12-25-42(37)56(35-20-8-3-9-21-35)48(39)47(43)41-30-40-38-24-11-13-26-45(38)57-46(40)31-44(41)55/h1-31,49-54H. The molecule has 1 aliphatic heterocycles. The zero-order valence-corrected chi connectivity index (χ0v) is 30.9. The van der Waals surface area contributed by atoms with Gasteiger partial charge in [-0.3, -0.25) is 16.0 Å². The molecule has 11 aromatic rings. The Bertz CT molecular complexity index is 3240. The lowest BCUT2D eigenvalue weighted by molar-refractivity contribution is 0.203. The molecule has 0 radical (unpaired) electrons. The molecule has 57 heavy (non-hydrogen) atoms. The van der Waals surface area contributed by atoms with Crippen molar-refractivity contribution in [1.29, 1.82) is 0 Å². The first-order valence-electron chi connectivity index (χ1n) is 19.6. The second kappa shape index (κ2) is 12.8. The van der Waals surface area contributed by atoms with Gasteiger partial charge in [-0.05, 0) is 65.2 Å². The van der Waals surface area contributed by atoms with Crippen LogP contribution >= 0.6 is 0 Å². The molecule has 8 aromatic carbocycles. The van der Waals surface area contributed by atoms with Crippen LogP contribution in [-0.2, 0) is 0 Å². The van der Waals surface area contributed by atoms with Crippen LogP contribution in [0.5, 0.6) is 0 Å². The van der Waals surface area contributed by atoms with Gasteiger partial charge < -0.3 is 13.6 Å². The third-order valence-corrected chi connectivity index (χ3v) is 11.8. The molecule has 0 saturated carbocycles. The Morgan fingerprint density at radius 2 is 0.947 bits per heavy atom. The monoisotopic (exact) mass is 735 g/mol. The van der Waals surface area contributed by atoms with E-state index in [1.165, 1.54) is 43.7 Å². The molecule has 1 aliphatic rings. The van der Waals surface area contributed by atoms with Crippen LogP contribution in [0, 0.1) is 0 Å². The van der Waals surface area contributed by atoms with Gasteiger partial charge in [-0.1, -0.05) is 133 Å². The number of aromatic nitrogens is 2. The summed E-state index contributed by atoms with van der Waals surface area (Å²) in [6.45, 7) is 0. The van der Waals surface area contributed by atoms with E-state index in [-0.39, 0.29) is 18.5 Å². The van der Waals surface area contributed by atoms with Crippen molar-refractivity contribution < 1.29 is 4.42 Å². The van der Waals surface area contributed by atoms with Crippen LogP contribution in [0.3, 0.4) is 0 Å². The fourth-order valence-corrected chi connectivity index (χ4v) is 9.25. The highest BCUT2D eigenvalue weighted by atomic mass is 16.3. The van der Waals surface area contributed by atoms with E-state index in [4.69, 9.17) is 4.42 Å². The first kappa shape index (κ1) is 32.3. The Hall–Kier alpha value is -6.96. The molecule has 6 heteroatoms. The highest BCUT2D eigenvalue weighted by Crippen LogP contribution is 2.44. The zero-order valence-electron chi connectivity index (χ0n) is 30.9. The molecule has 272 valence electrons. The smallest absolute Gasteiger partial charge is 0.137 e. The van der Waals surface area contributed by atoms with Crippen molar-refractivity contribution in [2.24, 2.45) is 0 Å². The summed E-state index contributed by atoms with van der Waals surface area (Å²) in [5.74, 6) is 0. The normalized spacial score (nSPS) is 17.4. The molecule has 4 heterocycles. The van der Waals surface area contributed by atoms with E-state index in [2.05, 4.69) is 207 Å². The molecular formula is C51H37N5O. The van der Waals surface area contributed by atoms with E-state index in [1.807, 2.05) is 6.07 Å². The Balaban J connectivity index is 1.11. The number of benzene rings is 8. The number of fused-ring (bicyclic) bond motifs is 10. The van der Waals surface area contributed by atoms with Gasteiger partial charge in [0, 0.05) is 49.8 Å². The minimum atomic E-state index is -0.135. The van der Waals surface area contributed by atoms with Crippen molar-refractivity contribution in [3.8, 4) is 11.4 Å². The molecule has 2 atom stereocenters. The molecule has 0 spiro atoms. The number of nitrogens with zero attached hydrogens (tertiary/aromatic N) is 2. The third kappa shape index (κ3) is 5.09. The Morgan fingerprint density at radius 1 is 0.351 bits per heavy atom. The summed E-state index contributed by atoms with van der Waals surface area (Å²) in [5, 5.41) is 18.7. The SMILES string of the molecule is c1ccc(C2NC(c3ccccc3)NC(c3cccc(-n4c5cc6oc7ccccc7c6cc5c5c4ccc4c6ccccc6n(-c6ccccc6)c45)c3)N2)cc1. The minimum Gasteiger partial charge on any atom is -0.456 e. The number of hydrogen-bond acceptors (Lipinski definition) is 4. The van der Waals surface area contributed by atoms with Gasteiger partial charge in [0.2, 0.25) is 0 Å². The Labute approximate surface area is 328 Å². The second-order valence-electron chi connectivity index (χ2n) is 15.1. The lowest BCUT2D eigenvalue weighted by atomic mass is 10.0. The van der Waals surface area contributed by atoms with Crippen molar-refractivity contribution in [1.82, 2.24) is 25.1 Å². The fourth-order valence-electron chi connectivity index (χ4n) is 9.25. The van der Waals surface area contributed by atoms with Crippen molar-refractivity contribution >= 4 is 65.6 Å². The molecule has 6 nitrogen and oxygen atoms in total. The Morgan fingerprint density at radius 3 is 1.68 bits per heavy atom. The summed E-state index contributed by atoms with van der Waals surface area (Å²) < 4.78 is 11.4. The average Bonchev–Trinajstić information content (AvgIpc) is 3.93. The predicted molar refractivity (Wildman–Crippen MR) is 233 cm³/mol. The maximum atomic E-state index is 6.56. The first-order valence-corrected chi connectivity index (χ1v) is 19.6. The first-order chi connectivity index (χ1) is 28.3. The molecule has 1 fully saturated rings. The Kier molecular flexibility index (Phi) is 7.25. The van der Waals surface area contributed by atoms with Crippen LogP contribution in [0.1, 0.15) is 35.2 Å². The number of furan rings is 1. The van der Waals surface area contributed by atoms with E-state index in [9.17, 15) is 0 Å². The van der Waals surface area contributed by atoms with Gasteiger partial charge in [-0.15, -0.1) is 0 Å². The van der Waals surface area contributed by atoms with Gasteiger partial charge in [-0.2, -0.15) is 0 Å². The molecular weight excluding hydrogens is 699 g/mol. The van der Waals surface area contributed by atoms with Crippen LogP contribution in [0.15, 0.2) is 192 Å². The lowest BCUT2D eigenvalue weighted by Gasteiger charge is -2.39. The topological polar surface area (TPSA) is 59.1 Å². The fraction of sp³-hybridized carbons (Fsp3) is 0.0588. The van der Waals surface area contributed by atoms with Crippen LogP contribution < -0.4 is 16.0 Å². The van der Waals surface area contributed by atoms with Gasteiger partial charge in [0.15, 0.2) is 0 Å². The summed E-state index contributed by atoms with van der Waals surface area (Å²) >= 11 is 0. The van der Waals surface area contributed by atoms with Crippen molar-refractivity contribution in [3.05, 3.63) is 205 Å². The van der Waals surface area contributed by atoms with Gasteiger partial charge in [0.25, 0.3) is 0 Å². The third-order valence-electron chi connectivity index (χ3n) is 11.8. The largest absolute Gasteiger partial charge is 0.456 e. The summed E-state index contributed by atoms with van der Waals surface area (Å²) in [4.78, 5) is 0. The highest BCUT2D eigenvalue weighted by molar-refractivity contribution is 6.28. The van der Waals surface area contributed by atoms with Gasteiger partial charge >= 0.3 is 0 Å². The number of para-hydroxylation sites is 3. The second-order valence-corrected chi connectivity index (χ2v) is 15.1. The molecule has 1 saturated heterocycles. The summed E-state index contributed by atoms with van der Waals surface area (Å²) in [5.41, 5.74) is 12.1. The maximum absolute atomic E-state index is 6.56. The van der Waals surface area contributed by atoms with Gasteiger partial charge in [0.1, 0.15) is 11.2 Å². The average molecular weight is 736 g/mol. The van der Waals surface area contributed by atoms with E-state index in [0.717, 1.165) is 49.9 Å². The van der Waals surface area contributed by atoms with Gasteiger partial charge in [-0.25, -0.2) is 0 Å². The van der Waals surface area contributed by atoms with Crippen LogP contribution in [0.2, 0.25) is 0 Å². The number of nitrogens with one attached hydrogen (secondary N) is 3. The van der Waals surface area contributed by atoms with E-state index < -0.39 is 0 Å². The number of rotatable bonds is 5. The van der Waals surface area contributed by atoms with Crippen LogP contribution in [0.25, 0.3) is 76.9 Å². The van der Waals surface area contributed by atoms with E-state index in [1.54, 1.807) is 0 Å². The van der Waals surface area contributed by atoms with Crippen LogP contribution in [0.4, 0.5) is 0 Å². The summed E-state index contributed by atoms with van der Waals surface area (Å²) in [6.07, 6.45) is -0.257. The highest BCUT2D eigenvalue weighted by Gasteiger charge is 2.30. The molecule has 2 unspecified atom stereocenters. The van der Waals surface area contributed by atoms with Crippen molar-refractivity contribution in [3.63, 3.8) is 0 Å². The number of hydrogen-bond donors (Lipinski definition) is 3. The molecule has 3 aromatic heterocycles. The summed E-state index contributed by atoms with van der Waals surface area (Å²) in [6, 6.07) is 67.3. The quantitative estimate of drug-likeness (QED) is 0.165. The molecule has 12 rings (SSSR count). The van der Waals surface area contributed by atoms with Gasteiger partial charge in [0.05, 0.1) is 40.6 Å². The molecule has 0 aliphatic carbocycles. The molecule has 3 N–H and O–H groups in total.